The Kier molecular flexibility index (Phi) is 3.94. The first-order chi connectivity index (χ1) is 8.66. The predicted octanol–water partition coefficient (Wildman–Crippen LogP) is 3.15. The normalized spacial score (nSPS) is 10.1. The molecular weight excluding hydrogens is 296 g/mol. The zero-order valence-corrected chi connectivity index (χ0v) is 11.0. The van der Waals surface area contributed by atoms with Crippen LogP contribution in [0.15, 0.2) is 47.2 Å². The molecule has 0 fully saturated rings. The van der Waals surface area contributed by atoms with Crippen LogP contribution in [0, 0.1) is 0 Å². The number of rotatable bonds is 4. The molecule has 1 aromatic heterocycles. The highest BCUT2D eigenvalue weighted by atomic mass is 79.9. The second kappa shape index (κ2) is 5.64. The van der Waals surface area contributed by atoms with Crippen LogP contribution in [0.1, 0.15) is 15.9 Å². The molecule has 4 nitrogen and oxygen atoms in total. The van der Waals surface area contributed by atoms with E-state index in [-0.39, 0.29) is 5.56 Å². The standard InChI is InChI=1S/C13H11BrN2O2/c14-11-6-10(13(17)18)3-4-12(11)16-8-9-2-1-5-15-7-9/h1-7,16H,8H2,(H,17,18). The van der Waals surface area contributed by atoms with Gasteiger partial charge in [0.1, 0.15) is 0 Å². The maximum atomic E-state index is 10.8. The maximum Gasteiger partial charge on any atom is 0.335 e. The number of pyridine rings is 1. The zero-order valence-electron chi connectivity index (χ0n) is 9.43. The molecule has 1 heterocycles. The van der Waals surface area contributed by atoms with E-state index >= 15 is 0 Å². The van der Waals surface area contributed by atoms with Gasteiger partial charge in [-0.15, -0.1) is 0 Å². The Morgan fingerprint density at radius 1 is 1.39 bits per heavy atom. The van der Waals surface area contributed by atoms with Crippen molar-refractivity contribution in [2.24, 2.45) is 0 Å². The van der Waals surface area contributed by atoms with Crippen molar-refractivity contribution in [1.82, 2.24) is 4.98 Å². The van der Waals surface area contributed by atoms with E-state index in [2.05, 4.69) is 26.2 Å². The highest BCUT2D eigenvalue weighted by Gasteiger charge is 2.06. The number of hydrogen-bond donors (Lipinski definition) is 2. The Labute approximate surface area is 113 Å². The average molecular weight is 307 g/mol. The first kappa shape index (κ1) is 12.6. The molecule has 2 rings (SSSR count). The minimum absolute atomic E-state index is 0.258. The average Bonchev–Trinajstić information content (AvgIpc) is 2.38. The molecule has 0 amide bonds. The first-order valence-corrected chi connectivity index (χ1v) is 6.12. The number of aromatic nitrogens is 1. The van der Waals surface area contributed by atoms with Gasteiger partial charge < -0.3 is 10.4 Å². The number of carboxylic acids is 1. The van der Waals surface area contributed by atoms with E-state index in [9.17, 15) is 4.79 Å². The Bertz CT molecular complexity index is 558. The maximum absolute atomic E-state index is 10.8. The fourth-order valence-corrected chi connectivity index (χ4v) is 2.01. The molecule has 0 aliphatic heterocycles. The highest BCUT2D eigenvalue weighted by molar-refractivity contribution is 9.10. The van der Waals surface area contributed by atoms with Crippen LogP contribution < -0.4 is 5.32 Å². The van der Waals surface area contributed by atoms with E-state index in [1.54, 1.807) is 30.6 Å². The van der Waals surface area contributed by atoms with Gasteiger partial charge in [0.05, 0.1) is 5.56 Å². The van der Waals surface area contributed by atoms with Gasteiger partial charge in [-0.25, -0.2) is 4.79 Å². The number of aromatic carboxylic acids is 1. The monoisotopic (exact) mass is 306 g/mol. The molecule has 92 valence electrons. The fraction of sp³-hybridized carbons (Fsp3) is 0.0769. The second-order valence-corrected chi connectivity index (χ2v) is 4.57. The number of benzene rings is 1. The zero-order chi connectivity index (χ0) is 13.0. The lowest BCUT2D eigenvalue weighted by atomic mass is 10.2. The van der Waals surface area contributed by atoms with Crippen molar-refractivity contribution >= 4 is 27.6 Å². The van der Waals surface area contributed by atoms with Crippen molar-refractivity contribution in [3.63, 3.8) is 0 Å². The molecule has 2 N–H and O–H groups in total. The number of carboxylic acid groups (broad SMARTS) is 1. The van der Waals surface area contributed by atoms with Crippen molar-refractivity contribution < 1.29 is 9.90 Å². The van der Waals surface area contributed by atoms with Crippen molar-refractivity contribution in [1.29, 1.82) is 0 Å². The smallest absolute Gasteiger partial charge is 0.335 e. The van der Waals surface area contributed by atoms with Gasteiger partial charge in [0.2, 0.25) is 0 Å². The third-order valence-corrected chi connectivity index (χ3v) is 3.08. The lowest BCUT2D eigenvalue weighted by Crippen LogP contribution is -2.02. The number of carbonyl (C=O) groups is 1. The molecule has 0 aliphatic rings. The second-order valence-electron chi connectivity index (χ2n) is 3.71. The van der Waals surface area contributed by atoms with Crippen LogP contribution in [0.25, 0.3) is 0 Å². The quantitative estimate of drug-likeness (QED) is 0.911. The van der Waals surface area contributed by atoms with Gasteiger partial charge in [0.25, 0.3) is 0 Å². The molecule has 2 aromatic rings. The van der Waals surface area contributed by atoms with E-state index < -0.39 is 5.97 Å². The summed E-state index contributed by atoms with van der Waals surface area (Å²) in [6.07, 6.45) is 3.51. The van der Waals surface area contributed by atoms with Crippen molar-refractivity contribution in [3.05, 3.63) is 58.3 Å². The topological polar surface area (TPSA) is 62.2 Å². The van der Waals surface area contributed by atoms with Crippen LogP contribution in [-0.4, -0.2) is 16.1 Å². The molecule has 0 spiro atoms. The summed E-state index contributed by atoms with van der Waals surface area (Å²) in [5, 5.41) is 12.1. The van der Waals surface area contributed by atoms with Crippen LogP contribution in [0.3, 0.4) is 0 Å². The van der Waals surface area contributed by atoms with Gasteiger partial charge in [0, 0.05) is 29.1 Å². The number of nitrogens with one attached hydrogen (secondary N) is 1. The summed E-state index contributed by atoms with van der Waals surface area (Å²) < 4.78 is 0.728. The van der Waals surface area contributed by atoms with E-state index in [4.69, 9.17) is 5.11 Å². The van der Waals surface area contributed by atoms with E-state index in [0.717, 1.165) is 15.7 Å². The SMILES string of the molecule is O=C(O)c1ccc(NCc2cccnc2)c(Br)c1. The highest BCUT2D eigenvalue weighted by Crippen LogP contribution is 2.24. The Morgan fingerprint density at radius 2 is 2.22 bits per heavy atom. The Hall–Kier alpha value is -1.88. The van der Waals surface area contributed by atoms with Gasteiger partial charge >= 0.3 is 5.97 Å². The number of nitrogens with zero attached hydrogens (tertiary/aromatic N) is 1. The van der Waals surface area contributed by atoms with Crippen LogP contribution >= 0.6 is 15.9 Å². The molecule has 1 aromatic carbocycles. The summed E-state index contributed by atoms with van der Waals surface area (Å²) >= 11 is 3.35. The van der Waals surface area contributed by atoms with E-state index in [0.29, 0.717) is 6.54 Å². The molecule has 5 heteroatoms. The predicted molar refractivity (Wildman–Crippen MR) is 72.7 cm³/mol. The van der Waals surface area contributed by atoms with Gasteiger partial charge in [-0.1, -0.05) is 6.07 Å². The van der Waals surface area contributed by atoms with Gasteiger partial charge in [-0.3, -0.25) is 4.98 Å². The van der Waals surface area contributed by atoms with Crippen LogP contribution in [0.5, 0.6) is 0 Å². The van der Waals surface area contributed by atoms with Crippen molar-refractivity contribution in [3.8, 4) is 0 Å². The van der Waals surface area contributed by atoms with Crippen LogP contribution in [0.2, 0.25) is 0 Å². The van der Waals surface area contributed by atoms with E-state index in [1.807, 2.05) is 12.1 Å². The molecule has 0 aliphatic carbocycles. The molecule has 18 heavy (non-hydrogen) atoms. The summed E-state index contributed by atoms with van der Waals surface area (Å²) in [5.74, 6) is -0.936. The van der Waals surface area contributed by atoms with Crippen LogP contribution in [-0.2, 0) is 6.54 Å². The Balaban J connectivity index is 2.08. The van der Waals surface area contributed by atoms with Crippen molar-refractivity contribution in [2.45, 2.75) is 6.54 Å². The molecular formula is C13H11BrN2O2. The fourth-order valence-electron chi connectivity index (χ4n) is 1.49. The molecule has 0 saturated carbocycles. The summed E-state index contributed by atoms with van der Waals surface area (Å²) in [6.45, 7) is 0.638. The minimum atomic E-state index is -0.936. The summed E-state index contributed by atoms with van der Waals surface area (Å²) in [5.41, 5.74) is 2.17. The molecule has 0 bridgehead atoms. The number of halogens is 1. The first-order valence-electron chi connectivity index (χ1n) is 5.32. The third kappa shape index (κ3) is 3.07. The summed E-state index contributed by atoms with van der Waals surface area (Å²) in [6, 6.07) is 8.73. The number of anilines is 1. The van der Waals surface area contributed by atoms with Gasteiger partial charge in [-0.05, 0) is 45.8 Å². The van der Waals surface area contributed by atoms with Gasteiger partial charge in [-0.2, -0.15) is 0 Å². The number of hydrogen-bond acceptors (Lipinski definition) is 3. The Morgan fingerprint density at radius 3 is 2.83 bits per heavy atom. The lowest BCUT2D eigenvalue weighted by Gasteiger charge is -2.09. The lowest BCUT2D eigenvalue weighted by molar-refractivity contribution is 0.0697. The molecule has 0 unspecified atom stereocenters. The summed E-state index contributed by atoms with van der Waals surface area (Å²) in [4.78, 5) is 14.8. The largest absolute Gasteiger partial charge is 0.478 e. The minimum Gasteiger partial charge on any atom is -0.478 e. The molecule has 0 radical (unpaired) electrons. The molecule has 0 atom stereocenters. The summed E-state index contributed by atoms with van der Waals surface area (Å²) in [7, 11) is 0. The van der Waals surface area contributed by atoms with Gasteiger partial charge in [0.15, 0.2) is 0 Å². The molecule has 0 saturated heterocycles. The van der Waals surface area contributed by atoms with E-state index in [1.165, 1.54) is 0 Å². The third-order valence-electron chi connectivity index (χ3n) is 2.42. The van der Waals surface area contributed by atoms with Crippen LogP contribution in [0.4, 0.5) is 5.69 Å². The van der Waals surface area contributed by atoms with Crippen molar-refractivity contribution in [2.75, 3.05) is 5.32 Å².